The molecule has 0 radical (unpaired) electrons. The van der Waals surface area contributed by atoms with Crippen LogP contribution in [0.25, 0.3) is 16.9 Å². The van der Waals surface area contributed by atoms with Gasteiger partial charge in [0, 0.05) is 23.7 Å². The van der Waals surface area contributed by atoms with Crippen molar-refractivity contribution in [2.24, 2.45) is 0 Å². The fraction of sp³-hybridized carbons (Fsp3) is 0.433. The van der Waals surface area contributed by atoms with E-state index in [-0.39, 0.29) is 17.6 Å². The Balaban J connectivity index is 1.45. The van der Waals surface area contributed by atoms with Gasteiger partial charge in [-0.3, -0.25) is 4.79 Å². The number of benzene rings is 2. The van der Waals surface area contributed by atoms with Crippen LogP contribution in [0.2, 0.25) is 0 Å². The predicted molar refractivity (Wildman–Crippen MR) is 141 cm³/mol. The second-order valence-electron chi connectivity index (χ2n) is 10.0. The first-order valence-electron chi connectivity index (χ1n) is 13.3. The molecule has 1 aromatic heterocycles. The van der Waals surface area contributed by atoms with E-state index >= 15 is 0 Å². The van der Waals surface area contributed by atoms with Crippen molar-refractivity contribution in [2.75, 3.05) is 13.2 Å². The summed E-state index contributed by atoms with van der Waals surface area (Å²) in [6.45, 7) is 5.00. The summed E-state index contributed by atoms with van der Waals surface area (Å²) >= 11 is 0. The molecule has 5 rings (SSSR count). The summed E-state index contributed by atoms with van der Waals surface area (Å²) in [5.74, 6) is 0.264. The van der Waals surface area contributed by atoms with Gasteiger partial charge in [0.2, 0.25) is 0 Å². The van der Waals surface area contributed by atoms with E-state index in [0.717, 1.165) is 36.3 Å². The van der Waals surface area contributed by atoms with Crippen LogP contribution in [0.3, 0.4) is 0 Å². The minimum Gasteiger partial charge on any atom is -0.461 e. The summed E-state index contributed by atoms with van der Waals surface area (Å²) in [6.07, 6.45) is 8.56. The Morgan fingerprint density at radius 1 is 0.944 bits per heavy atom. The minimum absolute atomic E-state index is 0.0674. The molecule has 36 heavy (non-hydrogen) atoms. The molecule has 1 aliphatic heterocycles. The molecule has 3 aromatic rings. The molecule has 0 N–H and O–H groups in total. The van der Waals surface area contributed by atoms with Crippen molar-refractivity contribution < 1.29 is 14.3 Å². The molecule has 0 spiro atoms. The lowest BCUT2D eigenvalue weighted by Gasteiger charge is -2.22. The molecule has 2 fully saturated rings. The van der Waals surface area contributed by atoms with E-state index in [4.69, 9.17) is 4.74 Å². The van der Waals surface area contributed by atoms with Gasteiger partial charge in [0.05, 0.1) is 18.0 Å². The zero-order valence-corrected chi connectivity index (χ0v) is 21.3. The van der Waals surface area contributed by atoms with Crippen molar-refractivity contribution in [2.45, 2.75) is 70.8 Å². The lowest BCUT2D eigenvalue weighted by molar-refractivity contribution is 0.0518. The second kappa shape index (κ2) is 10.7. The molecule has 1 aliphatic carbocycles. The Morgan fingerprint density at radius 3 is 2.31 bits per heavy atom. The van der Waals surface area contributed by atoms with E-state index in [1.807, 2.05) is 29.2 Å². The van der Waals surface area contributed by atoms with Crippen molar-refractivity contribution in [3.05, 3.63) is 71.4 Å². The maximum absolute atomic E-state index is 13.0. The monoisotopic (exact) mass is 485 g/mol. The minimum atomic E-state index is -0.439. The summed E-state index contributed by atoms with van der Waals surface area (Å²) in [7, 11) is 0. The lowest BCUT2D eigenvalue weighted by Crippen LogP contribution is -2.33. The maximum atomic E-state index is 13.0. The third-order valence-corrected chi connectivity index (χ3v) is 7.65. The van der Waals surface area contributed by atoms with Crippen molar-refractivity contribution >= 4 is 11.9 Å². The quantitative estimate of drug-likeness (QED) is 0.380. The second-order valence-corrected chi connectivity index (χ2v) is 10.0. The SMILES string of the molecule is CCOC(=O)c1cc(-c2ccc(C3CCCCC3)cc2)n(-c2ccc(C(=O)N3CCC[C@H]3C)cc2)n1. The highest BCUT2D eigenvalue weighted by Gasteiger charge is 2.26. The smallest absolute Gasteiger partial charge is 0.358 e. The first kappa shape index (κ1) is 24.3. The van der Waals surface area contributed by atoms with Gasteiger partial charge >= 0.3 is 5.97 Å². The zero-order chi connectivity index (χ0) is 25.1. The Kier molecular flexibility index (Phi) is 7.21. The van der Waals surface area contributed by atoms with Gasteiger partial charge in [-0.05, 0) is 81.3 Å². The van der Waals surface area contributed by atoms with Crippen LogP contribution in [-0.2, 0) is 4.74 Å². The molecule has 6 heteroatoms. The number of likely N-dealkylation sites (tertiary alicyclic amines) is 1. The summed E-state index contributed by atoms with van der Waals surface area (Å²) in [4.78, 5) is 27.4. The van der Waals surface area contributed by atoms with Gasteiger partial charge in [0.1, 0.15) is 0 Å². The number of ether oxygens (including phenoxy) is 1. The van der Waals surface area contributed by atoms with Crippen LogP contribution >= 0.6 is 0 Å². The first-order valence-corrected chi connectivity index (χ1v) is 13.3. The highest BCUT2D eigenvalue weighted by atomic mass is 16.5. The number of rotatable bonds is 6. The van der Waals surface area contributed by atoms with Crippen molar-refractivity contribution in [3.8, 4) is 16.9 Å². The largest absolute Gasteiger partial charge is 0.461 e. The third kappa shape index (κ3) is 4.95. The molecule has 1 saturated heterocycles. The van der Waals surface area contributed by atoms with Crippen LogP contribution in [-0.4, -0.2) is 45.8 Å². The van der Waals surface area contributed by atoms with Crippen LogP contribution < -0.4 is 0 Å². The maximum Gasteiger partial charge on any atom is 0.358 e. The number of carbonyl (C=O) groups excluding carboxylic acids is 2. The highest BCUT2D eigenvalue weighted by molar-refractivity contribution is 5.95. The summed E-state index contributed by atoms with van der Waals surface area (Å²) in [5, 5.41) is 4.60. The highest BCUT2D eigenvalue weighted by Crippen LogP contribution is 2.34. The summed E-state index contributed by atoms with van der Waals surface area (Å²) in [5.41, 5.74) is 4.93. The number of aromatic nitrogens is 2. The van der Waals surface area contributed by atoms with Gasteiger partial charge in [-0.1, -0.05) is 43.5 Å². The van der Waals surface area contributed by atoms with Gasteiger partial charge in [-0.2, -0.15) is 5.10 Å². The Labute approximate surface area is 213 Å². The molecular weight excluding hydrogens is 450 g/mol. The number of hydrogen-bond donors (Lipinski definition) is 0. The molecule has 188 valence electrons. The van der Waals surface area contributed by atoms with Crippen molar-refractivity contribution in [1.82, 2.24) is 14.7 Å². The van der Waals surface area contributed by atoms with E-state index in [0.29, 0.717) is 18.1 Å². The van der Waals surface area contributed by atoms with E-state index in [1.165, 1.54) is 37.7 Å². The number of amides is 1. The molecule has 2 aromatic carbocycles. The molecule has 2 heterocycles. The van der Waals surface area contributed by atoms with Gasteiger partial charge in [0.25, 0.3) is 5.91 Å². The molecule has 2 aliphatic rings. The van der Waals surface area contributed by atoms with E-state index in [2.05, 4.69) is 36.3 Å². The molecule has 1 saturated carbocycles. The lowest BCUT2D eigenvalue weighted by atomic mass is 9.84. The number of nitrogens with zero attached hydrogens (tertiary/aromatic N) is 3. The average Bonchev–Trinajstić information content (AvgIpc) is 3.56. The Morgan fingerprint density at radius 2 is 1.67 bits per heavy atom. The Hall–Kier alpha value is -3.41. The molecule has 6 nitrogen and oxygen atoms in total. The van der Waals surface area contributed by atoms with Gasteiger partial charge in [0.15, 0.2) is 5.69 Å². The normalized spacial score (nSPS) is 18.4. The summed E-state index contributed by atoms with van der Waals surface area (Å²) < 4.78 is 6.99. The zero-order valence-electron chi connectivity index (χ0n) is 21.3. The molecule has 0 bridgehead atoms. The summed E-state index contributed by atoms with van der Waals surface area (Å²) in [6, 6.07) is 18.2. The topological polar surface area (TPSA) is 64.4 Å². The average molecular weight is 486 g/mol. The fourth-order valence-corrected chi connectivity index (χ4v) is 5.60. The first-order chi connectivity index (χ1) is 17.5. The van der Waals surface area contributed by atoms with Crippen LogP contribution in [0, 0.1) is 0 Å². The predicted octanol–water partition coefficient (Wildman–Crippen LogP) is 6.39. The van der Waals surface area contributed by atoms with E-state index in [1.54, 1.807) is 17.7 Å². The van der Waals surface area contributed by atoms with E-state index < -0.39 is 5.97 Å². The van der Waals surface area contributed by atoms with Gasteiger partial charge in [-0.25, -0.2) is 9.48 Å². The van der Waals surface area contributed by atoms with Crippen molar-refractivity contribution in [3.63, 3.8) is 0 Å². The van der Waals surface area contributed by atoms with E-state index in [9.17, 15) is 9.59 Å². The van der Waals surface area contributed by atoms with Crippen LogP contribution in [0.5, 0.6) is 0 Å². The third-order valence-electron chi connectivity index (χ3n) is 7.65. The van der Waals surface area contributed by atoms with Crippen molar-refractivity contribution in [1.29, 1.82) is 0 Å². The standard InChI is InChI=1S/C30H35N3O3/c1-3-36-30(35)27-20-28(24-13-11-23(12-14-24)22-9-5-4-6-10-22)33(31-27)26-17-15-25(16-18-26)29(34)32-19-7-8-21(32)2/h11-18,20-22H,3-10,19H2,1-2H3/t21-/m1/s1. The Bertz CT molecular complexity index is 1210. The number of esters is 1. The molecular formula is C30H35N3O3. The fourth-order valence-electron chi connectivity index (χ4n) is 5.60. The number of carbonyl (C=O) groups is 2. The molecule has 0 unspecified atom stereocenters. The van der Waals surface area contributed by atoms with Crippen LogP contribution in [0.4, 0.5) is 0 Å². The van der Waals surface area contributed by atoms with Crippen LogP contribution in [0.15, 0.2) is 54.6 Å². The number of hydrogen-bond acceptors (Lipinski definition) is 4. The van der Waals surface area contributed by atoms with Gasteiger partial charge in [-0.15, -0.1) is 0 Å². The van der Waals surface area contributed by atoms with Gasteiger partial charge < -0.3 is 9.64 Å². The molecule has 1 atom stereocenters. The van der Waals surface area contributed by atoms with Crippen LogP contribution in [0.1, 0.15) is 91.1 Å². The molecule has 1 amide bonds.